The zero-order valence-corrected chi connectivity index (χ0v) is 16.9. The Kier molecular flexibility index (Phi) is 5.31. The molecule has 2 aliphatic rings. The Bertz CT molecular complexity index is 1000. The van der Waals surface area contributed by atoms with Gasteiger partial charge in [-0.1, -0.05) is 43.3 Å². The first-order chi connectivity index (χ1) is 14.5. The van der Waals surface area contributed by atoms with Gasteiger partial charge in [0, 0.05) is 5.69 Å². The fraction of sp³-hybridized carbons (Fsp3) is 0.318. The van der Waals surface area contributed by atoms with Gasteiger partial charge in [-0.2, -0.15) is 5.11 Å². The number of carbonyl (C=O) groups is 3. The molecule has 154 valence electrons. The Balaban J connectivity index is 1.45. The second-order valence-electron chi connectivity index (χ2n) is 7.32. The predicted molar refractivity (Wildman–Crippen MR) is 112 cm³/mol. The first-order valence-corrected chi connectivity index (χ1v) is 10.0. The van der Waals surface area contributed by atoms with Crippen molar-refractivity contribution in [2.24, 2.45) is 10.3 Å². The Hall–Kier alpha value is -3.55. The normalized spacial score (nSPS) is 20.1. The lowest BCUT2D eigenvalue weighted by atomic mass is 10.1. The molecule has 0 spiro atoms. The van der Waals surface area contributed by atoms with Crippen LogP contribution in [0.25, 0.3) is 0 Å². The number of anilines is 2. The molecule has 4 rings (SSSR count). The van der Waals surface area contributed by atoms with E-state index in [1.807, 2.05) is 43.3 Å². The molecular formula is C22H23N5O3. The van der Waals surface area contributed by atoms with E-state index < -0.39 is 23.9 Å². The molecule has 0 radical (unpaired) electrons. The highest BCUT2D eigenvalue weighted by Gasteiger charge is 2.55. The van der Waals surface area contributed by atoms with Crippen LogP contribution < -0.4 is 10.2 Å². The Labute approximate surface area is 174 Å². The maximum Gasteiger partial charge on any atom is 0.263 e. The lowest BCUT2D eigenvalue weighted by Gasteiger charge is -2.20. The molecule has 0 saturated carbocycles. The second-order valence-corrected chi connectivity index (χ2v) is 7.32. The van der Waals surface area contributed by atoms with Gasteiger partial charge in [0.15, 0.2) is 12.1 Å². The van der Waals surface area contributed by atoms with Gasteiger partial charge in [-0.05, 0) is 48.2 Å². The van der Waals surface area contributed by atoms with Crippen molar-refractivity contribution in [2.75, 3.05) is 16.8 Å². The number of hydrogen-bond donors (Lipinski definition) is 1. The number of hydrogen-bond acceptors (Lipinski definition) is 6. The van der Waals surface area contributed by atoms with Crippen molar-refractivity contribution in [1.29, 1.82) is 0 Å². The number of nitrogens with zero attached hydrogens (tertiary/aromatic N) is 4. The summed E-state index contributed by atoms with van der Waals surface area (Å²) >= 11 is 0. The van der Waals surface area contributed by atoms with E-state index in [1.54, 1.807) is 12.1 Å². The Morgan fingerprint density at radius 3 is 2.13 bits per heavy atom. The van der Waals surface area contributed by atoms with Crippen LogP contribution in [0.5, 0.6) is 0 Å². The van der Waals surface area contributed by atoms with Gasteiger partial charge >= 0.3 is 0 Å². The SMILES string of the molecule is CCc1ccc(NC(=O)CN2N=N[C@@H]3C(=O)N(c4ccc(CC)cc4)C(=O)[C@H]32)cc1. The Morgan fingerprint density at radius 2 is 1.53 bits per heavy atom. The number of carbonyl (C=O) groups excluding carboxylic acids is 3. The summed E-state index contributed by atoms with van der Waals surface area (Å²) in [5.41, 5.74) is 3.46. The van der Waals surface area contributed by atoms with Crippen LogP contribution in [-0.4, -0.2) is 41.4 Å². The molecule has 1 fully saturated rings. The molecule has 2 atom stereocenters. The summed E-state index contributed by atoms with van der Waals surface area (Å²) < 4.78 is 0. The molecule has 0 unspecified atom stereocenters. The van der Waals surface area contributed by atoms with E-state index in [0.717, 1.165) is 23.3 Å². The summed E-state index contributed by atoms with van der Waals surface area (Å²) in [4.78, 5) is 39.3. The quantitative estimate of drug-likeness (QED) is 0.748. The van der Waals surface area contributed by atoms with Crippen molar-refractivity contribution in [3.63, 3.8) is 0 Å². The fourth-order valence-electron chi connectivity index (χ4n) is 3.66. The highest BCUT2D eigenvalue weighted by Crippen LogP contribution is 2.31. The third kappa shape index (κ3) is 3.56. The summed E-state index contributed by atoms with van der Waals surface area (Å²) in [6.07, 6.45) is 1.78. The number of amides is 3. The zero-order chi connectivity index (χ0) is 21.3. The van der Waals surface area contributed by atoms with Gasteiger partial charge in [0.25, 0.3) is 11.8 Å². The van der Waals surface area contributed by atoms with Gasteiger partial charge in [-0.15, -0.1) is 0 Å². The molecule has 2 aromatic carbocycles. The molecule has 8 nitrogen and oxygen atoms in total. The number of imide groups is 1. The average molecular weight is 405 g/mol. The lowest BCUT2D eigenvalue weighted by molar-refractivity contribution is -0.123. The van der Waals surface area contributed by atoms with Crippen LogP contribution in [-0.2, 0) is 27.2 Å². The maximum absolute atomic E-state index is 13.0. The van der Waals surface area contributed by atoms with Gasteiger partial charge in [0.2, 0.25) is 5.91 Å². The fourth-order valence-corrected chi connectivity index (χ4v) is 3.66. The number of aryl methyl sites for hydroxylation is 2. The van der Waals surface area contributed by atoms with E-state index in [4.69, 9.17) is 0 Å². The van der Waals surface area contributed by atoms with Crippen LogP contribution in [0.3, 0.4) is 0 Å². The van der Waals surface area contributed by atoms with Crippen molar-refractivity contribution in [2.45, 2.75) is 38.8 Å². The summed E-state index contributed by atoms with van der Waals surface area (Å²) in [6, 6.07) is 13.0. The molecule has 3 amide bonds. The minimum atomic E-state index is -0.917. The Morgan fingerprint density at radius 1 is 0.933 bits per heavy atom. The molecular weight excluding hydrogens is 382 g/mol. The van der Waals surface area contributed by atoms with Crippen LogP contribution in [0.1, 0.15) is 25.0 Å². The lowest BCUT2D eigenvalue weighted by Crippen LogP contribution is -2.43. The predicted octanol–water partition coefficient (Wildman–Crippen LogP) is 2.74. The topological polar surface area (TPSA) is 94.4 Å². The monoisotopic (exact) mass is 405 g/mol. The molecule has 2 heterocycles. The highest BCUT2D eigenvalue weighted by atomic mass is 16.2. The summed E-state index contributed by atoms with van der Waals surface area (Å²) in [5.74, 6) is -1.17. The van der Waals surface area contributed by atoms with Crippen molar-refractivity contribution in [3.8, 4) is 0 Å². The van der Waals surface area contributed by atoms with Crippen molar-refractivity contribution < 1.29 is 14.4 Å². The molecule has 0 aromatic heterocycles. The molecule has 8 heteroatoms. The van der Waals surface area contributed by atoms with Crippen LogP contribution in [0, 0.1) is 0 Å². The number of rotatable bonds is 6. The van der Waals surface area contributed by atoms with Crippen molar-refractivity contribution >= 4 is 29.1 Å². The second kappa shape index (κ2) is 8.06. The molecule has 30 heavy (non-hydrogen) atoms. The van der Waals surface area contributed by atoms with E-state index in [2.05, 4.69) is 22.6 Å². The van der Waals surface area contributed by atoms with E-state index >= 15 is 0 Å². The van der Waals surface area contributed by atoms with Crippen molar-refractivity contribution in [3.05, 3.63) is 59.7 Å². The van der Waals surface area contributed by atoms with Crippen LogP contribution >= 0.6 is 0 Å². The molecule has 2 aliphatic heterocycles. The van der Waals surface area contributed by atoms with E-state index in [0.29, 0.717) is 11.4 Å². The number of benzene rings is 2. The third-order valence-electron chi connectivity index (χ3n) is 5.41. The smallest absolute Gasteiger partial charge is 0.263 e. The van der Waals surface area contributed by atoms with Crippen molar-refractivity contribution in [1.82, 2.24) is 5.01 Å². The summed E-state index contributed by atoms with van der Waals surface area (Å²) in [7, 11) is 0. The van der Waals surface area contributed by atoms with E-state index in [9.17, 15) is 14.4 Å². The van der Waals surface area contributed by atoms with E-state index in [-0.39, 0.29) is 12.5 Å². The minimum Gasteiger partial charge on any atom is -0.324 e. The maximum atomic E-state index is 13.0. The molecule has 0 aliphatic carbocycles. The van der Waals surface area contributed by atoms with Gasteiger partial charge in [-0.25, -0.2) is 4.90 Å². The minimum absolute atomic E-state index is 0.165. The molecule has 1 N–H and O–H groups in total. The molecule has 2 aromatic rings. The number of nitrogens with one attached hydrogen (secondary N) is 1. The number of fused-ring (bicyclic) bond motifs is 1. The summed E-state index contributed by atoms with van der Waals surface area (Å²) in [5, 5.41) is 12.0. The van der Waals surface area contributed by atoms with Gasteiger partial charge in [0.1, 0.15) is 6.54 Å². The third-order valence-corrected chi connectivity index (χ3v) is 5.41. The summed E-state index contributed by atoms with van der Waals surface area (Å²) in [6.45, 7) is 3.93. The first-order valence-electron chi connectivity index (χ1n) is 10.0. The standard InChI is InChI=1S/C22H23N5O3/c1-3-14-5-9-16(10-6-14)23-18(28)13-26-20-19(24-25-26)21(29)27(22(20)30)17-11-7-15(4-2)8-12-17/h5-12,19-20H,3-4,13H2,1-2H3,(H,23,28)/t19-,20-/m0/s1. The van der Waals surface area contributed by atoms with Gasteiger partial charge in [-0.3, -0.25) is 19.4 Å². The molecule has 1 saturated heterocycles. The van der Waals surface area contributed by atoms with Gasteiger partial charge in [0.05, 0.1) is 5.69 Å². The van der Waals surface area contributed by atoms with Crippen LogP contribution in [0.15, 0.2) is 58.9 Å². The highest BCUT2D eigenvalue weighted by molar-refractivity contribution is 6.25. The zero-order valence-electron chi connectivity index (χ0n) is 16.9. The van der Waals surface area contributed by atoms with Crippen LogP contribution in [0.4, 0.5) is 11.4 Å². The van der Waals surface area contributed by atoms with Gasteiger partial charge < -0.3 is 5.32 Å². The van der Waals surface area contributed by atoms with E-state index in [1.165, 1.54) is 10.6 Å². The first kappa shape index (κ1) is 19.8. The largest absolute Gasteiger partial charge is 0.324 e. The molecule has 0 bridgehead atoms. The van der Waals surface area contributed by atoms with Crippen LogP contribution in [0.2, 0.25) is 0 Å². The average Bonchev–Trinajstić information content (AvgIpc) is 3.28.